The SMILES string of the molecule is Clc1cc(Br)cc2ccc(NCc3nnc4n3CCCCC4)nc12. The van der Waals surface area contributed by atoms with Gasteiger partial charge < -0.3 is 9.88 Å². The normalized spacial score (nSPS) is 14.4. The maximum Gasteiger partial charge on any atom is 0.152 e. The van der Waals surface area contributed by atoms with E-state index in [1.807, 2.05) is 24.3 Å². The summed E-state index contributed by atoms with van der Waals surface area (Å²) in [5.74, 6) is 2.86. The Kier molecular flexibility index (Phi) is 4.41. The summed E-state index contributed by atoms with van der Waals surface area (Å²) in [4.78, 5) is 4.62. The number of aryl methyl sites for hydroxylation is 1. The van der Waals surface area contributed by atoms with Gasteiger partial charge >= 0.3 is 0 Å². The number of rotatable bonds is 3. The van der Waals surface area contributed by atoms with Crippen LogP contribution in [0.3, 0.4) is 0 Å². The van der Waals surface area contributed by atoms with Gasteiger partial charge in [0, 0.05) is 22.8 Å². The molecule has 3 heterocycles. The highest BCUT2D eigenvalue weighted by atomic mass is 79.9. The molecule has 0 saturated heterocycles. The monoisotopic (exact) mass is 405 g/mol. The van der Waals surface area contributed by atoms with Gasteiger partial charge in [-0.2, -0.15) is 0 Å². The highest BCUT2D eigenvalue weighted by Crippen LogP contribution is 2.28. The zero-order valence-electron chi connectivity index (χ0n) is 13.1. The molecule has 124 valence electrons. The minimum Gasteiger partial charge on any atom is -0.363 e. The van der Waals surface area contributed by atoms with Crippen LogP contribution in [0.1, 0.15) is 30.9 Å². The smallest absolute Gasteiger partial charge is 0.152 e. The molecule has 3 aromatic rings. The number of pyridine rings is 1. The summed E-state index contributed by atoms with van der Waals surface area (Å²) in [7, 11) is 0. The van der Waals surface area contributed by atoms with Gasteiger partial charge in [0.05, 0.1) is 17.1 Å². The van der Waals surface area contributed by atoms with E-state index in [4.69, 9.17) is 11.6 Å². The van der Waals surface area contributed by atoms with Gasteiger partial charge in [0.1, 0.15) is 11.6 Å². The van der Waals surface area contributed by atoms with E-state index >= 15 is 0 Å². The van der Waals surface area contributed by atoms with Crippen molar-refractivity contribution in [3.05, 3.63) is 45.4 Å². The molecule has 24 heavy (non-hydrogen) atoms. The zero-order chi connectivity index (χ0) is 16.5. The van der Waals surface area contributed by atoms with Gasteiger partial charge in [-0.15, -0.1) is 10.2 Å². The molecule has 0 amide bonds. The first-order chi connectivity index (χ1) is 11.7. The first-order valence-corrected chi connectivity index (χ1v) is 9.28. The molecule has 1 aliphatic rings. The predicted octanol–water partition coefficient (Wildman–Crippen LogP) is 4.58. The number of anilines is 1. The molecule has 0 spiro atoms. The van der Waals surface area contributed by atoms with E-state index in [-0.39, 0.29) is 0 Å². The Hall–Kier alpha value is -1.66. The minimum absolute atomic E-state index is 0.611. The summed E-state index contributed by atoms with van der Waals surface area (Å²) in [5, 5.41) is 13.7. The van der Waals surface area contributed by atoms with Crippen molar-refractivity contribution >= 4 is 44.3 Å². The first kappa shape index (κ1) is 15.8. The van der Waals surface area contributed by atoms with Gasteiger partial charge in [-0.3, -0.25) is 0 Å². The number of nitrogens with zero attached hydrogens (tertiary/aromatic N) is 4. The Morgan fingerprint density at radius 2 is 2.08 bits per heavy atom. The Morgan fingerprint density at radius 1 is 1.17 bits per heavy atom. The van der Waals surface area contributed by atoms with E-state index in [9.17, 15) is 0 Å². The lowest BCUT2D eigenvalue weighted by atomic mass is 10.2. The lowest BCUT2D eigenvalue weighted by Crippen LogP contribution is -2.11. The van der Waals surface area contributed by atoms with Gasteiger partial charge in [0.25, 0.3) is 0 Å². The molecule has 4 rings (SSSR count). The summed E-state index contributed by atoms with van der Waals surface area (Å²) < 4.78 is 3.19. The second kappa shape index (κ2) is 6.69. The molecule has 0 saturated carbocycles. The molecule has 1 aromatic carbocycles. The van der Waals surface area contributed by atoms with Crippen LogP contribution in [0.15, 0.2) is 28.7 Å². The number of hydrogen-bond donors (Lipinski definition) is 1. The molecule has 0 atom stereocenters. The maximum atomic E-state index is 6.30. The largest absolute Gasteiger partial charge is 0.363 e. The molecule has 5 nitrogen and oxygen atoms in total. The van der Waals surface area contributed by atoms with Crippen LogP contribution >= 0.6 is 27.5 Å². The van der Waals surface area contributed by atoms with E-state index in [1.165, 1.54) is 19.3 Å². The van der Waals surface area contributed by atoms with Crippen LogP contribution in [0, 0.1) is 0 Å². The van der Waals surface area contributed by atoms with Crippen LogP contribution in [-0.2, 0) is 19.5 Å². The summed E-state index contributed by atoms with van der Waals surface area (Å²) in [6, 6.07) is 7.85. The van der Waals surface area contributed by atoms with Crippen molar-refractivity contribution in [1.29, 1.82) is 0 Å². The quantitative estimate of drug-likeness (QED) is 0.691. The van der Waals surface area contributed by atoms with Crippen LogP contribution in [-0.4, -0.2) is 19.7 Å². The number of hydrogen-bond acceptors (Lipinski definition) is 4. The molecule has 1 N–H and O–H groups in total. The van der Waals surface area contributed by atoms with Crippen molar-refractivity contribution < 1.29 is 0 Å². The number of nitrogens with one attached hydrogen (secondary N) is 1. The molecule has 7 heteroatoms. The van der Waals surface area contributed by atoms with Crippen molar-refractivity contribution in [3.63, 3.8) is 0 Å². The molecule has 0 bridgehead atoms. The third-order valence-electron chi connectivity index (χ3n) is 4.32. The van der Waals surface area contributed by atoms with E-state index in [0.717, 1.165) is 45.8 Å². The molecular formula is C17H17BrClN5. The summed E-state index contributed by atoms with van der Waals surface area (Å²) >= 11 is 9.75. The number of halogens is 2. The van der Waals surface area contributed by atoms with Crippen molar-refractivity contribution in [3.8, 4) is 0 Å². The van der Waals surface area contributed by atoms with E-state index in [0.29, 0.717) is 11.6 Å². The fourth-order valence-electron chi connectivity index (χ4n) is 3.10. The van der Waals surface area contributed by atoms with Crippen LogP contribution < -0.4 is 5.32 Å². The number of benzene rings is 1. The van der Waals surface area contributed by atoms with Gasteiger partial charge in [0.2, 0.25) is 0 Å². The van der Waals surface area contributed by atoms with E-state index < -0.39 is 0 Å². The average Bonchev–Trinajstić information content (AvgIpc) is 2.80. The highest BCUT2D eigenvalue weighted by Gasteiger charge is 2.14. The fraction of sp³-hybridized carbons (Fsp3) is 0.353. The van der Waals surface area contributed by atoms with Crippen molar-refractivity contribution in [1.82, 2.24) is 19.7 Å². The first-order valence-electron chi connectivity index (χ1n) is 8.11. The van der Waals surface area contributed by atoms with Gasteiger partial charge in [-0.1, -0.05) is 34.0 Å². The Bertz CT molecular complexity index is 892. The summed E-state index contributed by atoms with van der Waals surface area (Å²) in [6.45, 7) is 1.62. The van der Waals surface area contributed by atoms with Crippen LogP contribution in [0.4, 0.5) is 5.82 Å². The molecule has 0 fully saturated rings. The highest BCUT2D eigenvalue weighted by molar-refractivity contribution is 9.10. The molecular weight excluding hydrogens is 390 g/mol. The van der Waals surface area contributed by atoms with Crippen LogP contribution in [0.2, 0.25) is 5.02 Å². The lowest BCUT2D eigenvalue weighted by molar-refractivity contribution is 0.610. The summed E-state index contributed by atoms with van der Waals surface area (Å²) in [6.07, 6.45) is 4.67. The van der Waals surface area contributed by atoms with Gasteiger partial charge in [0.15, 0.2) is 5.82 Å². The topological polar surface area (TPSA) is 55.6 Å². The Balaban J connectivity index is 1.56. The third kappa shape index (κ3) is 3.13. The van der Waals surface area contributed by atoms with Crippen LogP contribution in [0.25, 0.3) is 10.9 Å². The Labute approximate surface area is 153 Å². The third-order valence-corrected chi connectivity index (χ3v) is 5.07. The van der Waals surface area contributed by atoms with Gasteiger partial charge in [-0.05, 0) is 37.1 Å². The number of aromatic nitrogens is 4. The molecule has 0 aliphatic carbocycles. The molecule has 1 aliphatic heterocycles. The minimum atomic E-state index is 0.611. The van der Waals surface area contributed by atoms with E-state index in [2.05, 4.69) is 41.0 Å². The van der Waals surface area contributed by atoms with Crippen molar-refractivity contribution in [2.75, 3.05) is 5.32 Å². The maximum absolute atomic E-state index is 6.30. The fourth-order valence-corrected chi connectivity index (χ4v) is 3.98. The lowest BCUT2D eigenvalue weighted by Gasteiger charge is -2.09. The van der Waals surface area contributed by atoms with Crippen LogP contribution in [0.5, 0.6) is 0 Å². The zero-order valence-corrected chi connectivity index (χ0v) is 15.4. The van der Waals surface area contributed by atoms with Gasteiger partial charge in [-0.25, -0.2) is 4.98 Å². The molecule has 2 aromatic heterocycles. The molecule has 0 radical (unpaired) electrons. The predicted molar refractivity (Wildman–Crippen MR) is 99.4 cm³/mol. The Morgan fingerprint density at radius 3 is 3.00 bits per heavy atom. The van der Waals surface area contributed by atoms with Crippen molar-refractivity contribution in [2.45, 2.75) is 38.8 Å². The van der Waals surface area contributed by atoms with Crippen molar-refractivity contribution in [2.24, 2.45) is 0 Å². The second-order valence-corrected chi connectivity index (χ2v) is 7.33. The molecule has 0 unspecified atom stereocenters. The van der Waals surface area contributed by atoms with E-state index in [1.54, 1.807) is 0 Å². The average molecular weight is 407 g/mol. The standard InChI is InChI=1S/C17H17BrClN5/c18-12-8-11-5-6-14(21-17(11)13(19)9-12)20-10-16-23-22-15-4-2-1-3-7-24(15)16/h5-6,8-9H,1-4,7,10H2,(H,20,21). The number of fused-ring (bicyclic) bond motifs is 2. The second-order valence-electron chi connectivity index (χ2n) is 6.00. The summed E-state index contributed by atoms with van der Waals surface area (Å²) in [5.41, 5.74) is 0.796.